The molecule has 5 heterocycles. The lowest BCUT2D eigenvalue weighted by Gasteiger charge is -2.23. The van der Waals surface area contributed by atoms with E-state index in [0.717, 1.165) is 60.9 Å². The van der Waals surface area contributed by atoms with Gasteiger partial charge in [0.25, 0.3) is 0 Å². The smallest absolute Gasteiger partial charge is 0.177 e. The standard InChI is InChI=1S/C16H18N10/c1-23-15-12(9-20-23)16(18-10-17-15)25-6-2-5-24(7-8-25)14-4-3-13-21-19-11-26(13)22-14/h3-4,9-11H,2,5-8H2,1H3. The first-order chi connectivity index (χ1) is 12.8. The molecule has 0 unspecified atom stereocenters. The van der Waals surface area contributed by atoms with Crippen LogP contribution in [-0.2, 0) is 7.05 Å². The van der Waals surface area contributed by atoms with Gasteiger partial charge >= 0.3 is 0 Å². The first kappa shape index (κ1) is 15.0. The highest BCUT2D eigenvalue weighted by molar-refractivity contribution is 5.86. The van der Waals surface area contributed by atoms with Gasteiger partial charge in [-0.3, -0.25) is 4.68 Å². The molecular formula is C16H18N10. The van der Waals surface area contributed by atoms with E-state index in [-0.39, 0.29) is 0 Å². The van der Waals surface area contributed by atoms with Crippen LogP contribution >= 0.6 is 0 Å². The zero-order valence-electron chi connectivity index (χ0n) is 14.4. The van der Waals surface area contributed by atoms with Crippen LogP contribution in [0.1, 0.15) is 6.42 Å². The number of fused-ring (bicyclic) bond motifs is 2. The fourth-order valence-corrected chi connectivity index (χ4v) is 3.45. The Morgan fingerprint density at radius 3 is 2.85 bits per heavy atom. The average molecular weight is 350 g/mol. The van der Waals surface area contributed by atoms with Crippen LogP contribution in [0.5, 0.6) is 0 Å². The quantitative estimate of drug-likeness (QED) is 0.516. The summed E-state index contributed by atoms with van der Waals surface area (Å²) in [7, 11) is 1.90. The lowest BCUT2D eigenvalue weighted by molar-refractivity contribution is 0.775. The Labute approximate surface area is 149 Å². The minimum Gasteiger partial charge on any atom is -0.354 e. The average Bonchev–Trinajstić information content (AvgIpc) is 3.21. The van der Waals surface area contributed by atoms with E-state index in [1.165, 1.54) is 0 Å². The molecule has 4 aromatic rings. The number of anilines is 2. The third kappa shape index (κ3) is 2.41. The molecular weight excluding hydrogens is 332 g/mol. The highest BCUT2D eigenvalue weighted by Crippen LogP contribution is 2.24. The maximum atomic E-state index is 4.61. The Morgan fingerprint density at radius 2 is 1.88 bits per heavy atom. The van der Waals surface area contributed by atoms with Gasteiger partial charge in [-0.15, -0.1) is 15.3 Å². The summed E-state index contributed by atoms with van der Waals surface area (Å²) < 4.78 is 3.49. The van der Waals surface area contributed by atoms with Crippen LogP contribution in [0.2, 0.25) is 0 Å². The SMILES string of the molecule is Cn1ncc2c(N3CCCN(c4ccc5nncn5n4)CC3)ncnc21. The topological polar surface area (TPSA) is 93.2 Å². The van der Waals surface area contributed by atoms with Gasteiger partial charge < -0.3 is 9.80 Å². The van der Waals surface area contributed by atoms with Crippen LogP contribution in [0.3, 0.4) is 0 Å². The molecule has 0 aromatic carbocycles. The minimum atomic E-state index is 0.755. The van der Waals surface area contributed by atoms with Crippen LogP contribution in [0.15, 0.2) is 31.0 Å². The molecule has 10 heteroatoms. The second-order valence-electron chi connectivity index (χ2n) is 6.36. The van der Waals surface area contributed by atoms with E-state index >= 15 is 0 Å². The van der Waals surface area contributed by atoms with Gasteiger partial charge in [-0.25, -0.2) is 9.97 Å². The molecule has 0 N–H and O–H groups in total. The second-order valence-corrected chi connectivity index (χ2v) is 6.36. The van der Waals surface area contributed by atoms with Gasteiger partial charge in [0.2, 0.25) is 0 Å². The molecule has 0 spiro atoms. The van der Waals surface area contributed by atoms with Crippen LogP contribution in [-0.4, -0.2) is 65.7 Å². The Hall–Kier alpha value is -3.30. The summed E-state index contributed by atoms with van der Waals surface area (Å²) >= 11 is 0. The molecule has 0 radical (unpaired) electrons. The van der Waals surface area contributed by atoms with Gasteiger partial charge in [0.1, 0.15) is 24.3 Å². The van der Waals surface area contributed by atoms with E-state index in [1.54, 1.807) is 21.9 Å². The van der Waals surface area contributed by atoms with Gasteiger partial charge in [-0.1, -0.05) is 0 Å². The van der Waals surface area contributed by atoms with E-state index in [2.05, 4.69) is 40.2 Å². The molecule has 10 nitrogen and oxygen atoms in total. The molecule has 132 valence electrons. The number of hydrogen-bond donors (Lipinski definition) is 0. The van der Waals surface area contributed by atoms with E-state index in [9.17, 15) is 0 Å². The summed E-state index contributed by atoms with van der Waals surface area (Å²) in [5, 5.41) is 17.8. The molecule has 1 fully saturated rings. The van der Waals surface area contributed by atoms with Crippen molar-refractivity contribution in [2.24, 2.45) is 7.05 Å². The predicted molar refractivity (Wildman–Crippen MR) is 96.1 cm³/mol. The summed E-state index contributed by atoms with van der Waals surface area (Å²) in [6, 6.07) is 3.95. The van der Waals surface area contributed by atoms with E-state index < -0.39 is 0 Å². The second kappa shape index (κ2) is 5.90. The van der Waals surface area contributed by atoms with Crippen molar-refractivity contribution in [1.29, 1.82) is 0 Å². The molecule has 5 rings (SSSR count). The Bertz CT molecular complexity index is 1070. The summed E-state index contributed by atoms with van der Waals surface area (Å²) in [5.41, 5.74) is 1.61. The number of aromatic nitrogens is 8. The van der Waals surface area contributed by atoms with Crippen molar-refractivity contribution in [3.8, 4) is 0 Å². The first-order valence-electron chi connectivity index (χ1n) is 8.59. The zero-order valence-corrected chi connectivity index (χ0v) is 14.4. The molecule has 1 saturated heterocycles. The van der Waals surface area contributed by atoms with Crippen molar-refractivity contribution in [2.75, 3.05) is 36.0 Å². The van der Waals surface area contributed by atoms with E-state index in [4.69, 9.17) is 0 Å². The van der Waals surface area contributed by atoms with Gasteiger partial charge in [0.15, 0.2) is 11.3 Å². The first-order valence-corrected chi connectivity index (χ1v) is 8.59. The monoisotopic (exact) mass is 350 g/mol. The van der Waals surface area contributed by atoms with Crippen LogP contribution in [0, 0.1) is 0 Å². The van der Waals surface area contributed by atoms with Crippen molar-refractivity contribution >= 4 is 28.3 Å². The lowest BCUT2D eigenvalue weighted by atomic mass is 10.3. The minimum absolute atomic E-state index is 0.755. The molecule has 26 heavy (non-hydrogen) atoms. The zero-order chi connectivity index (χ0) is 17.5. The predicted octanol–water partition coefficient (Wildman–Crippen LogP) is 0.518. The van der Waals surface area contributed by atoms with Gasteiger partial charge in [-0.2, -0.15) is 9.61 Å². The summed E-state index contributed by atoms with van der Waals surface area (Å²) in [6.45, 7) is 3.61. The van der Waals surface area contributed by atoms with Crippen molar-refractivity contribution < 1.29 is 0 Å². The van der Waals surface area contributed by atoms with Crippen LogP contribution in [0.25, 0.3) is 16.7 Å². The molecule has 1 aliphatic heterocycles. The van der Waals surface area contributed by atoms with Gasteiger partial charge in [0.05, 0.1) is 11.6 Å². The normalized spacial score (nSPS) is 15.7. The molecule has 4 aromatic heterocycles. The van der Waals surface area contributed by atoms with Crippen LogP contribution < -0.4 is 9.80 Å². The van der Waals surface area contributed by atoms with Crippen molar-refractivity contribution in [1.82, 2.24) is 39.6 Å². The molecule has 0 saturated carbocycles. The van der Waals surface area contributed by atoms with E-state index in [0.29, 0.717) is 0 Å². The van der Waals surface area contributed by atoms with Gasteiger partial charge in [-0.05, 0) is 18.6 Å². The Balaban J connectivity index is 1.41. The number of rotatable bonds is 2. The fourth-order valence-electron chi connectivity index (χ4n) is 3.45. The summed E-state index contributed by atoms with van der Waals surface area (Å²) in [4.78, 5) is 13.5. The maximum Gasteiger partial charge on any atom is 0.177 e. The number of aryl methyl sites for hydroxylation is 1. The largest absolute Gasteiger partial charge is 0.354 e. The van der Waals surface area contributed by atoms with Crippen molar-refractivity contribution in [3.63, 3.8) is 0 Å². The number of hydrogen-bond acceptors (Lipinski definition) is 8. The number of nitrogens with zero attached hydrogens (tertiary/aromatic N) is 10. The lowest BCUT2D eigenvalue weighted by Crippen LogP contribution is -2.31. The Kier molecular flexibility index (Phi) is 3.40. The van der Waals surface area contributed by atoms with Crippen molar-refractivity contribution in [3.05, 3.63) is 31.0 Å². The third-order valence-corrected chi connectivity index (χ3v) is 4.78. The Morgan fingerprint density at radius 1 is 1.00 bits per heavy atom. The van der Waals surface area contributed by atoms with Crippen LogP contribution in [0.4, 0.5) is 11.6 Å². The molecule has 0 bridgehead atoms. The molecule has 0 atom stereocenters. The van der Waals surface area contributed by atoms with Crippen molar-refractivity contribution in [2.45, 2.75) is 6.42 Å². The molecule has 1 aliphatic rings. The highest BCUT2D eigenvalue weighted by Gasteiger charge is 2.20. The highest BCUT2D eigenvalue weighted by atomic mass is 15.4. The fraction of sp³-hybridized carbons (Fsp3) is 0.375. The maximum absolute atomic E-state index is 4.61. The van der Waals surface area contributed by atoms with Gasteiger partial charge in [0, 0.05) is 33.2 Å². The van der Waals surface area contributed by atoms with E-state index in [1.807, 2.05) is 25.4 Å². The summed E-state index contributed by atoms with van der Waals surface area (Å²) in [5.74, 6) is 1.89. The third-order valence-electron chi connectivity index (χ3n) is 4.78. The molecule has 0 aliphatic carbocycles. The summed E-state index contributed by atoms with van der Waals surface area (Å²) in [6.07, 6.45) is 6.11. The molecule has 0 amide bonds.